The van der Waals surface area contributed by atoms with E-state index in [0.717, 1.165) is 6.42 Å². The molecular weight excluding hydrogens is 278 g/mol. The molecule has 0 rings (SSSR count). The lowest BCUT2D eigenvalue weighted by molar-refractivity contribution is -0.162. The van der Waals surface area contributed by atoms with Crippen LogP contribution in [0, 0.1) is 5.92 Å². The number of carbonyl (C=O) groups excluding carboxylic acids is 2. The van der Waals surface area contributed by atoms with Gasteiger partial charge in [-0.05, 0) is 19.3 Å². The van der Waals surface area contributed by atoms with E-state index in [1.807, 2.05) is 13.8 Å². The van der Waals surface area contributed by atoms with Crippen molar-refractivity contribution in [3.63, 3.8) is 0 Å². The van der Waals surface area contributed by atoms with E-state index in [4.69, 9.17) is 9.84 Å². The van der Waals surface area contributed by atoms with Crippen LogP contribution in [0.3, 0.4) is 0 Å². The molecule has 1 amide bonds. The highest BCUT2D eigenvalue weighted by Gasteiger charge is 2.32. The fraction of sp³-hybridized carbons (Fsp3) is 0.786. The lowest BCUT2D eigenvalue weighted by atomic mass is 9.86. The van der Waals surface area contributed by atoms with Crippen molar-refractivity contribution < 1.29 is 29.0 Å². The van der Waals surface area contributed by atoms with Crippen LogP contribution in [0.5, 0.6) is 0 Å². The second kappa shape index (κ2) is 8.49. The Bertz CT molecular complexity index is 384. The van der Waals surface area contributed by atoms with E-state index in [0.29, 0.717) is 6.42 Å². The van der Waals surface area contributed by atoms with E-state index >= 15 is 0 Å². The Labute approximate surface area is 125 Å². The number of carboxylic acid groups (broad SMARTS) is 1. The number of carboxylic acids is 1. The molecule has 0 saturated heterocycles. The molecule has 2 N–H and O–H groups in total. The van der Waals surface area contributed by atoms with Gasteiger partial charge in [0.2, 0.25) is 6.29 Å². The molecule has 122 valence electrons. The van der Waals surface area contributed by atoms with Gasteiger partial charge in [0, 0.05) is 13.8 Å². The summed E-state index contributed by atoms with van der Waals surface area (Å²) in [5, 5.41) is 11.5. The lowest BCUT2D eigenvalue weighted by Gasteiger charge is -2.31. The third-order valence-corrected chi connectivity index (χ3v) is 3.05. The number of hydrogen-bond donors (Lipinski definition) is 2. The second-order valence-corrected chi connectivity index (χ2v) is 5.56. The Morgan fingerprint density at radius 2 is 1.81 bits per heavy atom. The smallest absolute Gasteiger partial charge is 0.410 e. The molecule has 7 heteroatoms. The molecule has 7 nitrogen and oxygen atoms in total. The van der Waals surface area contributed by atoms with Crippen LogP contribution in [-0.4, -0.2) is 35.0 Å². The zero-order chi connectivity index (χ0) is 16.6. The van der Waals surface area contributed by atoms with E-state index in [1.54, 1.807) is 6.92 Å². The van der Waals surface area contributed by atoms with Gasteiger partial charge in [-0.25, -0.2) is 4.79 Å². The molecule has 0 bridgehead atoms. The minimum Gasteiger partial charge on any atom is -0.481 e. The first kappa shape index (κ1) is 19.2. The van der Waals surface area contributed by atoms with Gasteiger partial charge in [0.05, 0.1) is 12.0 Å². The molecular formula is C14H25NO6. The van der Waals surface area contributed by atoms with Crippen molar-refractivity contribution in [2.75, 3.05) is 0 Å². The molecule has 0 heterocycles. The number of alkyl carbamates (subject to hydrolysis) is 1. The molecule has 21 heavy (non-hydrogen) atoms. The van der Waals surface area contributed by atoms with Gasteiger partial charge in [-0.15, -0.1) is 0 Å². The predicted octanol–water partition coefficient (Wildman–Crippen LogP) is 2.29. The maximum Gasteiger partial charge on any atom is 0.410 e. The molecule has 0 saturated carbocycles. The van der Waals surface area contributed by atoms with Crippen molar-refractivity contribution in [1.82, 2.24) is 5.32 Å². The van der Waals surface area contributed by atoms with Gasteiger partial charge in [-0.1, -0.05) is 20.3 Å². The number of esters is 1. The molecule has 0 aromatic rings. The summed E-state index contributed by atoms with van der Waals surface area (Å²) in [7, 11) is 0. The number of rotatable bonds is 8. The van der Waals surface area contributed by atoms with Gasteiger partial charge >= 0.3 is 18.0 Å². The summed E-state index contributed by atoms with van der Waals surface area (Å²) < 4.78 is 9.55. The number of nitrogens with one attached hydrogen (secondary N) is 1. The van der Waals surface area contributed by atoms with Crippen LogP contribution in [0.15, 0.2) is 0 Å². The molecule has 0 aliphatic heterocycles. The minimum atomic E-state index is -1.03. The first-order valence-electron chi connectivity index (χ1n) is 6.95. The van der Waals surface area contributed by atoms with Gasteiger partial charge in [0.25, 0.3) is 0 Å². The lowest BCUT2D eigenvalue weighted by Crippen LogP contribution is -2.49. The zero-order valence-corrected chi connectivity index (χ0v) is 13.3. The van der Waals surface area contributed by atoms with Gasteiger partial charge in [0.15, 0.2) is 0 Å². The molecule has 0 aliphatic rings. The highest BCUT2D eigenvalue weighted by Crippen LogP contribution is 2.23. The van der Waals surface area contributed by atoms with Crippen LogP contribution in [0.2, 0.25) is 0 Å². The highest BCUT2D eigenvalue weighted by molar-refractivity contribution is 5.73. The Balaban J connectivity index is 4.68. The maximum atomic E-state index is 11.8. The third-order valence-electron chi connectivity index (χ3n) is 3.05. The molecule has 3 atom stereocenters. The highest BCUT2D eigenvalue weighted by atomic mass is 16.7. The van der Waals surface area contributed by atoms with Gasteiger partial charge in [-0.3, -0.25) is 9.59 Å². The van der Waals surface area contributed by atoms with Gasteiger partial charge < -0.3 is 19.9 Å². The van der Waals surface area contributed by atoms with Crippen LogP contribution in [0.4, 0.5) is 4.79 Å². The molecule has 0 radical (unpaired) electrons. The topological polar surface area (TPSA) is 102 Å². The summed E-state index contributed by atoms with van der Waals surface area (Å²) in [5.74, 6) is -1.32. The van der Waals surface area contributed by atoms with Crippen LogP contribution in [0.25, 0.3) is 0 Å². The van der Waals surface area contributed by atoms with Crippen molar-refractivity contribution in [3.05, 3.63) is 0 Å². The number of carbonyl (C=O) groups is 3. The van der Waals surface area contributed by atoms with E-state index in [9.17, 15) is 14.4 Å². The Morgan fingerprint density at radius 3 is 2.24 bits per heavy atom. The average Bonchev–Trinajstić information content (AvgIpc) is 2.24. The Kier molecular flexibility index (Phi) is 7.76. The number of amides is 1. The van der Waals surface area contributed by atoms with E-state index in [2.05, 4.69) is 10.1 Å². The number of ether oxygens (including phenoxy) is 2. The summed E-state index contributed by atoms with van der Waals surface area (Å²) in [4.78, 5) is 33.5. The standard InChI is InChI=1S/C14H25NO6/c1-6-9(2)7-14(5,8-12(17)18)15-13(19)21-11(4)20-10(3)16/h9,11H,6-8H2,1-5H3,(H,15,19)(H,17,18)/t9-,11-,14+/m0/s1. The van der Waals surface area contributed by atoms with E-state index in [-0.39, 0.29) is 12.3 Å². The molecule has 0 spiro atoms. The maximum absolute atomic E-state index is 11.8. The van der Waals surface area contributed by atoms with Crippen molar-refractivity contribution in [3.8, 4) is 0 Å². The zero-order valence-electron chi connectivity index (χ0n) is 13.3. The fourth-order valence-corrected chi connectivity index (χ4v) is 2.10. The third kappa shape index (κ3) is 8.88. The first-order valence-corrected chi connectivity index (χ1v) is 6.95. The number of hydrogen-bond acceptors (Lipinski definition) is 5. The van der Waals surface area contributed by atoms with Crippen LogP contribution in [0.1, 0.15) is 53.9 Å². The quantitative estimate of drug-likeness (QED) is 0.527. The summed E-state index contributed by atoms with van der Waals surface area (Å²) >= 11 is 0. The minimum absolute atomic E-state index is 0.214. The Morgan fingerprint density at radius 1 is 1.24 bits per heavy atom. The monoisotopic (exact) mass is 303 g/mol. The molecule has 0 aromatic carbocycles. The predicted molar refractivity (Wildman–Crippen MR) is 75.6 cm³/mol. The van der Waals surface area contributed by atoms with Crippen molar-refractivity contribution >= 4 is 18.0 Å². The molecule has 0 unspecified atom stereocenters. The van der Waals surface area contributed by atoms with E-state index < -0.39 is 29.9 Å². The van der Waals surface area contributed by atoms with Crippen molar-refractivity contribution in [2.24, 2.45) is 5.92 Å². The molecule has 0 aromatic heterocycles. The first-order chi connectivity index (χ1) is 9.58. The summed E-state index contributed by atoms with van der Waals surface area (Å²) in [5.41, 5.74) is -0.922. The summed E-state index contributed by atoms with van der Waals surface area (Å²) in [6.07, 6.45) is -0.673. The van der Waals surface area contributed by atoms with Crippen LogP contribution in [-0.2, 0) is 19.1 Å². The fourth-order valence-electron chi connectivity index (χ4n) is 2.10. The van der Waals surface area contributed by atoms with Crippen molar-refractivity contribution in [1.29, 1.82) is 0 Å². The SMILES string of the molecule is CC[C@H](C)C[C@](C)(CC(=O)O)NC(=O)O[C@@H](C)OC(C)=O. The normalized spacial score (nSPS) is 16.2. The average molecular weight is 303 g/mol. The van der Waals surface area contributed by atoms with Crippen molar-refractivity contribution in [2.45, 2.75) is 65.7 Å². The summed E-state index contributed by atoms with van der Waals surface area (Å²) in [6.45, 7) is 8.24. The van der Waals surface area contributed by atoms with Gasteiger partial charge in [-0.2, -0.15) is 0 Å². The summed E-state index contributed by atoms with van der Waals surface area (Å²) in [6, 6.07) is 0. The molecule has 0 aliphatic carbocycles. The molecule has 0 fully saturated rings. The second-order valence-electron chi connectivity index (χ2n) is 5.56. The van der Waals surface area contributed by atoms with Crippen LogP contribution >= 0.6 is 0 Å². The van der Waals surface area contributed by atoms with Gasteiger partial charge in [0.1, 0.15) is 0 Å². The van der Waals surface area contributed by atoms with Crippen LogP contribution < -0.4 is 5.32 Å². The largest absolute Gasteiger partial charge is 0.481 e. The Hall–Kier alpha value is -1.79. The number of aliphatic carboxylic acids is 1. The van der Waals surface area contributed by atoms with E-state index in [1.165, 1.54) is 13.8 Å².